The summed E-state index contributed by atoms with van der Waals surface area (Å²) in [5.41, 5.74) is 1.34. The molecule has 0 spiro atoms. The van der Waals surface area contributed by atoms with Gasteiger partial charge in [-0.2, -0.15) is 0 Å². The fourth-order valence-electron chi connectivity index (χ4n) is 2.28. The summed E-state index contributed by atoms with van der Waals surface area (Å²) in [6, 6.07) is 10.6. The molecule has 0 bridgehead atoms. The van der Waals surface area contributed by atoms with Gasteiger partial charge in [0, 0.05) is 17.3 Å². The van der Waals surface area contributed by atoms with E-state index < -0.39 is 16.8 Å². The average Bonchev–Trinajstić information content (AvgIpc) is 2.64. The molecule has 148 valence electrons. The van der Waals surface area contributed by atoms with Crippen LogP contribution in [-0.2, 0) is 9.53 Å². The van der Waals surface area contributed by atoms with Gasteiger partial charge in [0.15, 0.2) is 6.61 Å². The highest BCUT2D eigenvalue weighted by molar-refractivity contribution is 5.93. The lowest BCUT2D eigenvalue weighted by atomic mass is 10.2. The molecule has 0 aliphatic heterocycles. The molecule has 0 aliphatic carbocycles. The molecule has 0 heterocycles. The highest BCUT2D eigenvalue weighted by Gasteiger charge is 2.12. The molecule has 28 heavy (non-hydrogen) atoms. The summed E-state index contributed by atoms with van der Waals surface area (Å²) in [6.07, 6.45) is 0. The molecule has 0 saturated carbocycles. The van der Waals surface area contributed by atoms with Crippen LogP contribution in [0.25, 0.3) is 0 Å². The number of nitro groups is 1. The lowest BCUT2D eigenvalue weighted by Gasteiger charge is -2.09. The minimum atomic E-state index is -0.478. The monoisotopic (exact) mass is 386 g/mol. The summed E-state index contributed by atoms with van der Waals surface area (Å²) >= 11 is 0. The predicted octanol–water partition coefficient (Wildman–Crippen LogP) is 3.73. The van der Waals surface area contributed by atoms with Crippen molar-refractivity contribution in [2.45, 2.75) is 20.8 Å². The first-order valence-corrected chi connectivity index (χ1v) is 8.71. The minimum Gasteiger partial charge on any atom is -0.484 e. The number of esters is 1. The van der Waals surface area contributed by atoms with Gasteiger partial charge in [0.25, 0.3) is 11.6 Å². The molecule has 2 aromatic rings. The Morgan fingerprint density at radius 1 is 1.14 bits per heavy atom. The van der Waals surface area contributed by atoms with Gasteiger partial charge in [-0.15, -0.1) is 0 Å². The van der Waals surface area contributed by atoms with Gasteiger partial charge in [-0.05, 0) is 49.2 Å². The maximum absolute atomic E-state index is 12.0. The van der Waals surface area contributed by atoms with Crippen molar-refractivity contribution in [2.75, 3.05) is 18.5 Å². The molecule has 0 aliphatic rings. The Kier molecular flexibility index (Phi) is 7.08. The Morgan fingerprint density at radius 2 is 1.82 bits per heavy atom. The molecular formula is C20H22N2O6. The van der Waals surface area contributed by atoms with Crippen LogP contribution < -0.4 is 10.1 Å². The van der Waals surface area contributed by atoms with E-state index in [9.17, 15) is 19.7 Å². The Hall–Kier alpha value is -3.42. The van der Waals surface area contributed by atoms with E-state index in [-0.39, 0.29) is 18.2 Å². The third-order valence-corrected chi connectivity index (χ3v) is 3.69. The maximum atomic E-state index is 12.0. The van der Waals surface area contributed by atoms with Crippen molar-refractivity contribution >= 4 is 23.3 Å². The summed E-state index contributed by atoms with van der Waals surface area (Å²) < 4.78 is 10.5. The van der Waals surface area contributed by atoms with E-state index in [2.05, 4.69) is 5.32 Å². The number of carbonyl (C=O) groups excluding carboxylic acids is 2. The molecule has 2 rings (SSSR count). The summed E-state index contributed by atoms with van der Waals surface area (Å²) in [7, 11) is 0. The Morgan fingerprint density at radius 3 is 2.39 bits per heavy atom. The first-order chi connectivity index (χ1) is 13.3. The van der Waals surface area contributed by atoms with Crippen molar-refractivity contribution in [3.05, 3.63) is 63.7 Å². The van der Waals surface area contributed by atoms with Crippen LogP contribution in [0.3, 0.4) is 0 Å². The van der Waals surface area contributed by atoms with Crippen molar-refractivity contribution in [1.82, 2.24) is 0 Å². The van der Waals surface area contributed by atoms with Crippen molar-refractivity contribution < 1.29 is 24.0 Å². The molecule has 0 unspecified atom stereocenters. The van der Waals surface area contributed by atoms with Crippen LogP contribution in [-0.4, -0.2) is 30.0 Å². The van der Waals surface area contributed by atoms with Crippen molar-refractivity contribution in [2.24, 2.45) is 5.92 Å². The maximum Gasteiger partial charge on any atom is 0.338 e. The number of nitrogens with one attached hydrogen (secondary N) is 1. The average molecular weight is 386 g/mol. The Bertz CT molecular complexity index is 861. The third kappa shape index (κ3) is 6.08. The number of carbonyl (C=O) groups is 2. The van der Waals surface area contributed by atoms with Gasteiger partial charge in [-0.25, -0.2) is 4.79 Å². The lowest BCUT2D eigenvalue weighted by molar-refractivity contribution is -0.385. The van der Waals surface area contributed by atoms with Crippen LogP contribution in [0.5, 0.6) is 5.75 Å². The van der Waals surface area contributed by atoms with E-state index in [0.29, 0.717) is 29.2 Å². The SMILES string of the molecule is Cc1cc(OCC(=O)Nc2ccc(C(=O)OCC(C)C)cc2)ccc1[N+](=O)[O-]. The normalized spacial score (nSPS) is 10.4. The number of amides is 1. The third-order valence-electron chi connectivity index (χ3n) is 3.69. The molecule has 1 N–H and O–H groups in total. The quantitative estimate of drug-likeness (QED) is 0.421. The Balaban J connectivity index is 1.87. The van der Waals surface area contributed by atoms with E-state index in [4.69, 9.17) is 9.47 Å². The number of hydrogen-bond acceptors (Lipinski definition) is 6. The molecule has 0 atom stereocenters. The fourth-order valence-corrected chi connectivity index (χ4v) is 2.28. The molecule has 8 heteroatoms. The molecule has 0 aromatic heterocycles. The second-order valence-corrected chi connectivity index (χ2v) is 6.61. The van der Waals surface area contributed by atoms with Gasteiger partial charge in [-0.1, -0.05) is 13.8 Å². The number of aryl methyl sites for hydroxylation is 1. The number of nitro benzene ring substituents is 1. The fraction of sp³-hybridized carbons (Fsp3) is 0.300. The molecule has 8 nitrogen and oxygen atoms in total. The zero-order chi connectivity index (χ0) is 20.7. The summed E-state index contributed by atoms with van der Waals surface area (Å²) in [5.74, 6) is -0.196. The van der Waals surface area contributed by atoms with Crippen molar-refractivity contribution in [3.63, 3.8) is 0 Å². The largest absolute Gasteiger partial charge is 0.484 e. The van der Waals surface area contributed by atoms with E-state index in [1.807, 2.05) is 13.8 Å². The van der Waals surface area contributed by atoms with Gasteiger partial charge in [0.05, 0.1) is 17.1 Å². The number of hydrogen-bond donors (Lipinski definition) is 1. The first kappa shape index (κ1) is 20.9. The lowest BCUT2D eigenvalue weighted by Crippen LogP contribution is -2.20. The predicted molar refractivity (Wildman–Crippen MR) is 104 cm³/mol. The second-order valence-electron chi connectivity index (χ2n) is 6.61. The summed E-state index contributed by atoms with van der Waals surface area (Å²) in [4.78, 5) is 34.2. The van der Waals surface area contributed by atoms with Crippen LogP contribution >= 0.6 is 0 Å². The Labute approximate surface area is 162 Å². The molecule has 1 amide bonds. The molecule has 0 radical (unpaired) electrons. The van der Waals surface area contributed by atoms with Gasteiger partial charge in [0.1, 0.15) is 5.75 Å². The number of anilines is 1. The number of ether oxygens (including phenoxy) is 2. The minimum absolute atomic E-state index is 0.0104. The highest BCUT2D eigenvalue weighted by atomic mass is 16.6. The van der Waals surface area contributed by atoms with Crippen LogP contribution in [0, 0.1) is 23.0 Å². The van der Waals surface area contributed by atoms with E-state index >= 15 is 0 Å². The van der Waals surface area contributed by atoms with E-state index in [1.165, 1.54) is 18.2 Å². The number of rotatable bonds is 8. The molecule has 0 saturated heterocycles. The van der Waals surface area contributed by atoms with E-state index in [1.54, 1.807) is 31.2 Å². The van der Waals surface area contributed by atoms with Gasteiger partial charge in [0.2, 0.25) is 0 Å². The molecule has 0 fully saturated rings. The van der Waals surface area contributed by atoms with Crippen LogP contribution in [0.4, 0.5) is 11.4 Å². The zero-order valence-electron chi connectivity index (χ0n) is 15.9. The van der Waals surface area contributed by atoms with Gasteiger partial charge in [-0.3, -0.25) is 14.9 Å². The second kappa shape index (κ2) is 9.50. The van der Waals surface area contributed by atoms with Crippen LogP contribution in [0.1, 0.15) is 29.8 Å². The standard InChI is InChI=1S/C20H22N2O6/c1-13(2)11-28-20(24)15-4-6-16(7-5-15)21-19(23)12-27-17-8-9-18(22(25)26)14(3)10-17/h4-10,13H,11-12H2,1-3H3,(H,21,23). The first-order valence-electron chi connectivity index (χ1n) is 8.71. The van der Waals surface area contributed by atoms with Gasteiger partial charge >= 0.3 is 5.97 Å². The number of benzene rings is 2. The molecule has 2 aromatic carbocycles. The van der Waals surface area contributed by atoms with Crippen LogP contribution in [0.2, 0.25) is 0 Å². The zero-order valence-corrected chi connectivity index (χ0v) is 15.9. The van der Waals surface area contributed by atoms with E-state index in [0.717, 1.165) is 0 Å². The molecular weight excluding hydrogens is 364 g/mol. The topological polar surface area (TPSA) is 108 Å². The smallest absolute Gasteiger partial charge is 0.338 e. The number of nitrogens with zero attached hydrogens (tertiary/aromatic N) is 1. The van der Waals surface area contributed by atoms with Gasteiger partial charge < -0.3 is 14.8 Å². The van der Waals surface area contributed by atoms with Crippen LogP contribution in [0.15, 0.2) is 42.5 Å². The van der Waals surface area contributed by atoms with Crippen molar-refractivity contribution in [3.8, 4) is 5.75 Å². The summed E-state index contributed by atoms with van der Waals surface area (Å²) in [6.45, 7) is 5.59. The van der Waals surface area contributed by atoms with Crippen molar-refractivity contribution in [1.29, 1.82) is 0 Å². The highest BCUT2D eigenvalue weighted by Crippen LogP contribution is 2.23. The summed E-state index contributed by atoms with van der Waals surface area (Å²) in [5, 5.41) is 13.5.